The fourth-order valence-electron chi connectivity index (χ4n) is 4.84. The lowest BCUT2D eigenvalue weighted by Gasteiger charge is -2.36. The minimum absolute atomic E-state index is 0.132. The molecular formula is C28H35N5O2S2. The molecule has 1 aliphatic rings. The summed E-state index contributed by atoms with van der Waals surface area (Å²) >= 11 is 2.95. The average Bonchev–Trinajstić information content (AvgIpc) is 3.46. The van der Waals surface area contributed by atoms with Gasteiger partial charge in [0.05, 0.1) is 18.4 Å². The Balaban J connectivity index is 1.40. The third kappa shape index (κ3) is 6.02. The van der Waals surface area contributed by atoms with Gasteiger partial charge in [-0.3, -0.25) is 4.79 Å². The number of ether oxygens (including phenoxy) is 1. The third-order valence-corrected chi connectivity index (χ3v) is 9.75. The number of thiophene rings is 1. The van der Waals surface area contributed by atoms with Crippen LogP contribution in [0.3, 0.4) is 0 Å². The molecule has 2 aromatic heterocycles. The van der Waals surface area contributed by atoms with Crippen LogP contribution in [0.15, 0.2) is 29.4 Å². The normalized spacial score (nSPS) is 15.2. The molecule has 0 spiro atoms. The number of fused-ring (bicyclic) bond motifs is 1. The van der Waals surface area contributed by atoms with Gasteiger partial charge < -0.3 is 14.6 Å². The van der Waals surface area contributed by atoms with Crippen molar-refractivity contribution in [2.75, 3.05) is 18.2 Å². The first-order valence-electron chi connectivity index (χ1n) is 12.8. The molecule has 1 amide bonds. The van der Waals surface area contributed by atoms with Crippen LogP contribution in [0.4, 0.5) is 5.00 Å². The lowest BCUT2D eigenvalue weighted by atomic mass is 9.69. The van der Waals surface area contributed by atoms with Crippen molar-refractivity contribution in [1.82, 2.24) is 14.8 Å². The summed E-state index contributed by atoms with van der Waals surface area (Å²) in [6.45, 7) is 9.68. The second-order valence-corrected chi connectivity index (χ2v) is 12.2. The van der Waals surface area contributed by atoms with Crippen molar-refractivity contribution in [3.05, 3.63) is 51.7 Å². The first-order chi connectivity index (χ1) is 17.8. The molecule has 1 aliphatic carbocycles. The summed E-state index contributed by atoms with van der Waals surface area (Å²) in [7, 11) is 1.65. The molecular weight excluding hydrogens is 502 g/mol. The number of rotatable bonds is 10. The van der Waals surface area contributed by atoms with E-state index in [0.717, 1.165) is 53.5 Å². The molecule has 1 N–H and O–H groups in total. The van der Waals surface area contributed by atoms with Gasteiger partial charge in [0.1, 0.15) is 22.6 Å². The van der Waals surface area contributed by atoms with Gasteiger partial charge in [-0.25, -0.2) is 0 Å². The highest BCUT2D eigenvalue weighted by molar-refractivity contribution is 7.99. The quantitative estimate of drug-likeness (QED) is 0.314. The van der Waals surface area contributed by atoms with Crippen molar-refractivity contribution in [2.45, 2.75) is 71.5 Å². The fraction of sp³-hybridized carbons (Fsp3) is 0.500. The number of nitrogens with zero attached hydrogens (tertiary/aromatic N) is 4. The van der Waals surface area contributed by atoms with E-state index >= 15 is 0 Å². The molecule has 0 saturated carbocycles. The molecule has 7 nitrogen and oxygen atoms in total. The predicted octanol–water partition coefficient (Wildman–Crippen LogP) is 6.10. The van der Waals surface area contributed by atoms with Crippen LogP contribution in [0.2, 0.25) is 0 Å². The number of carbonyl (C=O) groups excluding carboxylic acids is 1. The molecule has 2 heterocycles. The maximum absolute atomic E-state index is 12.9. The molecule has 196 valence electrons. The Bertz CT molecular complexity index is 1290. The van der Waals surface area contributed by atoms with Crippen LogP contribution in [-0.2, 0) is 30.6 Å². The Morgan fingerprint density at radius 3 is 2.70 bits per heavy atom. The molecule has 9 heteroatoms. The Hall–Kier alpha value is -2.83. The van der Waals surface area contributed by atoms with Crippen LogP contribution in [0.25, 0.3) is 0 Å². The number of nitriles is 1. The van der Waals surface area contributed by atoms with Crippen molar-refractivity contribution in [1.29, 1.82) is 5.26 Å². The largest absolute Gasteiger partial charge is 0.497 e. The van der Waals surface area contributed by atoms with Gasteiger partial charge >= 0.3 is 0 Å². The van der Waals surface area contributed by atoms with Crippen molar-refractivity contribution in [3.63, 3.8) is 0 Å². The number of hydrogen-bond acceptors (Lipinski definition) is 7. The molecule has 0 radical (unpaired) electrons. The van der Waals surface area contributed by atoms with Gasteiger partial charge in [0, 0.05) is 17.8 Å². The molecule has 1 unspecified atom stereocenters. The number of aromatic nitrogens is 3. The first-order valence-corrected chi connectivity index (χ1v) is 14.6. The van der Waals surface area contributed by atoms with E-state index in [2.05, 4.69) is 42.4 Å². The summed E-state index contributed by atoms with van der Waals surface area (Å²) in [5.74, 6) is 2.35. The molecule has 1 atom stereocenters. The standard InChI is InChI=1S/C28H35N5O2S2/c1-6-28(3,4)19-10-13-21-22(16-29)26(37-23(21)15-19)30-25(34)17-36-27-32-31-24(33(27)7-2)14-18-8-11-20(35-5)12-9-18/h8-9,11-12,19H,6-7,10,13-15,17H2,1-5H3,(H,30,34). The summed E-state index contributed by atoms with van der Waals surface area (Å²) in [5.41, 5.74) is 3.17. The average molecular weight is 538 g/mol. The smallest absolute Gasteiger partial charge is 0.235 e. The highest BCUT2D eigenvalue weighted by Crippen LogP contribution is 2.45. The number of benzene rings is 1. The van der Waals surface area contributed by atoms with Crippen LogP contribution in [0.5, 0.6) is 5.75 Å². The van der Waals surface area contributed by atoms with E-state index in [0.29, 0.717) is 29.4 Å². The number of hydrogen-bond donors (Lipinski definition) is 1. The topological polar surface area (TPSA) is 92.8 Å². The number of anilines is 1. The number of carbonyl (C=O) groups is 1. The van der Waals surface area contributed by atoms with Crippen LogP contribution in [0.1, 0.15) is 67.9 Å². The van der Waals surface area contributed by atoms with Crippen molar-refractivity contribution in [2.24, 2.45) is 11.3 Å². The molecule has 3 aromatic rings. The minimum Gasteiger partial charge on any atom is -0.497 e. The molecule has 0 fully saturated rings. The van der Waals surface area contributed by atoms with Crippen molar-refractivity contribution in [3.8, 4) is 11.8 Å². The highest BCUT2D eigenvalue weighted by Gasteiger charge is 2.34. The van der Waals surface area contributed by atoms with Crippen LogP contribution >= 0.6 is 23.1 Å². The summed E-state index contributed by atoms with van der Waals surface area (Å²) < 4.78 is 7.28. The zero-order chi connectivity index (χ0) is 26.6. The maximum atomic E-state index is 12.9. The van der Waals surface area contributed by atoms with Gasteiger partial charge in [0.25, 0.3) is 0 Å². The molecule has 4 rings (SSSR count). The first kappa shape index (κ1) is 27.2. The Kier molecular flexibility index (Phi) is 8.60. The molecule has 37 heavy (non-hydrogen) atoms. The Labute approximate surface area is 227 Å². The SMILES string of the molecule is CCn1c(Cc2ccc(OC)cc2)nnc1SCC(=O)Nc1sc2c(c1C#N)CCC(C(C)(C)CC)C2. The summed E-state index contributed by atoms with van der Waals surface area (Å²) in [6, 6.07) is 10.3. The van der Waals surface area contributed by atoms with E-state index in [9.17, 15) is 10.1 Å². The van der Waals surface area contributed by atoms with E-state index in [1.807, 2.05) is 35.8 Å². The Morgan fingerprint density at radius 2 is 2.05 bits per heavy atom. The third-order valence-electron chi connectivity index (χ3n) is 7.61. The molecule has 0 bridgehead atoms. The van der Waals surface area contributed by atoms with Crippen LogP contribution in [0, 0.1) is 22.7 Å². The lowest BCUT2D eigenvalue weighted by Crippen LogP contribution is -2.28. The maximum Gasteiger partial charge on any atom is 0.235 e. The van der Waals surface area contributed by atoms with Crippen molar-refractivity contribution >= 4 is 34.0 Å². The molecule has 0 saturated heterocycles. The number of methoxy groups -OCH3 is 1. The predicted molar refractivity (Wildman–Crippen MR) is 149 cm³/mol. The summed E-state index contributed by atoms with van der Waals surface area (Å²) in [4.78, 5) is 14.1. The van der Waals surface area contributed by atoms with Gasteiger partial charge in [-0.2, -0.15) is 5.26 Å². The van der Waals surface area contributed by atoms with Gasteiger partial charge in [-0.05, 0) is 60.8 Å². The molecule has 0 aliphatic heterocycles. The number of thioether (sulfide) groups is 1. The van der Waals surface area contributed by atoms with Gasteiger partial charge in [-0.15, -0.1) is 21.5 Å². The summed E-state index contributed by atoms with van der Waals surface area (Å²) in [6.07, 6.45) is 4.77. The Morgan fingerprint density at radius 1 is 1.30 bits per heavy atom. The monoisotopic (exact) mass is 537 g/mol. The van der Waals surface area contributed by atoms with Gasteiger partial charge in [0.15, 0.2) is 5.16 Å². The van der Waals surface area contributed by atoms with Crippen molar-refractivity contribution < 1.29 is 9.53 Å². The minimum atomic E-state index is -0.132. The fourth-order valence-corrected chi connectivity index (χ4v) is 6.96. The van der Waals surface area contributed by atoms with E-state index in [-0.39, 0.29) is 17.1 Å². The van der Waals surface area contributed by atoms with E-state index in [4.69, 9.17) is 4.74 Å². The van der Waals surface area contributed by atoms with E-state index < -0.39 is 0 Å². The summed E-state index contributed by atoms with van der Waals surface area (Å²) in [5, 5.41) is 23.0. The lowest BCUT2D eigenvalue weighted by molar-refractivity contribution is -0.113. The second-order valence-electron chi connectivity index (χ2n) is 10.1. The van der Waals surface area contributed by atoms with Gasteiger partial charge in [0.2, 0.25) is 5.91 Å². The van der Waals surface area contributed by atoms with Gasteiger partial charge in [-0.1, -0.05) is 51.1 Å². The zero-order valence-electron chi connectivity index (χ0n) is 22.3. The molecule has 1 aromatic carbocycles. The van der Waals surface area contributed by atoms with E-state index in [1.54, 1.807) is 18.4 Å². The number of nitrogens with one attached hydrogen (secondary N) is 1. The van der Waals surface area contributed by atoms with Crippen LogP contribution < -0.4 is 10.1 Å². The zero-order valence-corrected chi connectivity index (χ0v) is 23.9. The van der Waals surface area contributed by atoms with Crippen LogP contribution in [-0.4, -0.2) is 33.5 Å². The highest BCUT2D eigenvalue weighted by atomic mass is 32.2. The second kappa shape index (κ2) is 11.7. The number of amides is 1. The van der Waals surface area contributed by atoms with E-state index in [1.165, 1.54) is 16.6 Å².